The summed E-state index contributed by atoms with van der Waals surface area (Å²) in [5.41, 5.74) is 0. The normalized spacial score (nSPS) is 44.5. The van der Waals surface area contributed by atoms with Crippen molar-refractivity contribution in [1.29, 1.82) is 0 Å². The summed E-state index contributed by atoms with van der Waals surface area (Å²) in [4.78, 5) is 13.3. The largest absolute Gasteiger partial charge is 0.335 e. The van der Waals surface area contributed by atoms with Crippen molar-refractivity contribution in [2.45, 2.75) is 38.1 Å². The van der Waals surface area contributed by atoms with Crippen LogP contribution in [0.3, 0.4) is 0 Å². The molecule has 3 nitrogen and oxygen atoms in total. The molecule has 0 spiro atoms. The van der Waals surface area contributed by atoms with Crippen LogP contribution in [-0.2, 0) is 0 Å². The molecule has 3 aliphatic carbocycles. The predicted molar refractivity (Wildman–Crippen MR) is 63.1 cm³/mol. The van der Waals surface area contributed by atoms with E-state index in [-0.39, 0.29) is 6.03 Å². The number of carbonyl (C=O) groups is 1. The standard InChI is InChI=1S/C13H22N2O/c1-15(2)13(16)14-10-6-11-8-3-4-9(5-8)12(11)7-10/h8-12H,3-7H2,1-2H3,(H,14,16)/t8-,9+,10?,11?,12?. The van der Waals surface area contributed by atoms with Gasteiger partial charge in [-0.2, -0.15) is 0 Å². The molecule has 0 aromatic rings. The zero-order valence-corrected chi connectivity index (χ0v) is 10.3. The van der Waals surface area contributed by atoms with Gasteiger partial charge in [-0.05, 0) is 55.8 Å². The molecule has 3 rings (SSSR count). The molecule has 3 saturated carbocycles. The zero-order valence-electron chi connectivity index (χ0n) is 10.3. The van der Waals surface area contributed by atoms with Gasteiger partial charge >= 0.3 is 6.03 Å². The molecule has 3 fully saturated rings. The van der Waals surface area contributed by atoms with E-state index in [4.69, 9.17) is 0 Å². The van der Waals surface area contributed by atoms with E-state index in [1.54, 1.807) is 4.90 Å². The number of hydrogen-bond donors (Lipinski definition) is 1. The Bertz CT molecular complexity index is 284. The minimum Gasteiger partial charge on any atom is -0.335 e. The molecule has 0 saturated heterocycles. The van der Waals surface area contributed by atoms with E-state index in [2.05, 4.69) is 5.32 Å². The molecule has 2 bridgehead atoms. The van der Waals surface area contributed by atoms with Crippen LogP contribution in [0.2, 0.25) is 0 Å². The van der Waals surface area contributed by atoms with Crippen molar-refractivity contribution in [2.24, 2.45) is 23.7 Å². The number of carbonyl (C=O) groups excluding carboxylic acids is 1. The van der Waals surface area contributed by atoms with Crippen LogP contribution in [0.5, 0.6) is 0 Å². The first kappa shape index (κ1) is 10.4. The maximum Gasteiger partial charge on any atom is 0.317 e. The van der Waals surface area contributed by atoms with E-state index in [1.807, 2.05) is 14.1 Å². The van der Waals surface area contributed by atoms with Crippen LogP contribution in [0.1, 0.15) is 32.1 Å². The Morgan fingerprint density at radius 2 is 1.62 bits per heavy atom. The molecule has 3 unspecified atom stereocenters. The Hall–Kier alpha value is -0.730. The number of nitrogens with zero attached hydrogens (tertiary/aromatic N) is 1. The number of amides is 2. The highest BCUT2D eigenvalue weighted by Gasteiger charge is 2.51. The van der Waals surface area contributed by atoms with E-state index in [9.17, 15) is 4.79 Å². The molecule has 3 aliphatic rings. The third kappa shape index (κ3) is 1.52. The van der Waals surface area contributed by atoms with Gasteiger partial charge in [-0.15, -0.1) is 0 Å². The van der Waals surface area contributed by atoms with Crippen LogP contribution in [0, 0.1) is 23.7 Å². The van der Waals surface area contributed by atoms with E-state index >= 15 is 0 Å². The van der Waals surface area contributed by atoms with Crippen molar-refractivity contribution < 1.29 is 4.79 Å². The number of nitrogens with one attached hydrogen (secondary N) is 1. The molecular weight excluding hydrogens is 200 g/mol. The molecule has 0 heterocycles. The average molecular weight is 222 g/mol. The fourth-order valence-corrected chi connectivity index (χ4v) is 4.44. The zero-order chi connectivity index (χ0) is 11.3. The third-order valence-electron chi connectivity index (χ3n) is 5.12. The molecule has 0 aromatic heterocycles. The summed E-state index contributed by atoms with van der Waals surface area (Å²) in [6, 6.07) is 0.533. The van der Waals surface area contributed by atoms with Crippen molar-refractivity contribution >= 4 is 6.03 Å². The first-order chi connectivity index (χ1) is 7.65. The Morgan fingerprint density at radius 1 is 1.06 bits per heavy atom. The fourth-order valence-electron chi connectivity index (χ4n) is 4.44. The lowest BCUT2D eigenvalue weighted by Crippen LogP contribution is -2.40. The van der Waals surface area contributed by atoms with Crippen molar-refractivity contribution in [3.63, 3.8) is 0 Å². The summed E-state index contributed by atoms with van der Waals surface area (Å²) in [6.07, 6.45) is 6.89. The number of fused-ring (bicyclic) bond motifs is 5. The molecule has 16 heavy (non-hydrogen) atoms. The summed E-state index contributed by atoms with van der Waals surface area (Å²) in [5, 5.41) is 3.16. The van der Waals surface area contributed by atoms with Gasteiger partial charge in [0.15, 0.2) is 0 Å². The molecule has 1 N–H and O–H groups in total. The summed E-state index contributed by atoms with van der Waals surface area (Å²) in [5.74, 6) is 3.87. The smallest absolute Gasteiger partial charge is 0.317 e. The molecule has 2 amide bonds. The van der Waals surface area contributed by atoms with Gasteiger partial charge in [0.05, 0.1) is 0 Å². The Morgan fingerprint density at radius 3 is 2.12 bits per heavy atom. The number of hydrogen-bond acceptors (Lipinski definition) is 1. The first-order valence-electron chi connectivity index (χ1n) is 6.63. The van der Waals surface area contributed by atoms with Gasteiger partial charge in [-0.3, -0.25) is 0 Å². The van der Waals surface area contributed by atoms with Crippen LogP contribution in [-0.4, -0.2) is 31.1 Å². The van der Waals surface area contributed by atoms with E-state index in [0.717, 1.165) is 23.7 Å². The van der Waals surface area contributed by atoms with Crippen LogP contribution in [0.4, 0.5) is 4.79 Å². The van der Waals surface area contributed by atoms with Crippen LogP contribution in [0.25, 0.3) is 0 Å². The highest BCUT2D eigenvalue weighted by atomic mass is 16.2. The highest BCUT2D eigenvalue weighted by molar-refractivity contribution is 5.73. The van der Waals surface area contributed by atoms with Crippen molar-refractivity contribution in [2.75, 3.05) is 14.1 Å². The lowest BCUT2D eigenvalue weighted by atomic mass is 9.82. The lowest BCUT2D eigenvalue weighted by molar-refractivity contribution is 0.212. The monoisotopic (exact) mass is 222 g/mol. The van der Waals surface area contributed by atoms with Crippen LogP contribution >= 0.6 is 0 Å². The van der Waals surface area contributed by atoms with Gasteiger partial charge in [0.25, 0.3) is 0 Å². The summed E-state index contributed by atoms with van der Waals surface area (Å²) in [7, 11) is 3.63. The maximum atomic E-state index is 11.6. The minimum absolute atomic E-state index is 0.0809. The first-order valence-corrected chi connectivity index (χ1v) is 6.63. The molecule has 3 heteroatoms. The second-order valence-electron chi connectivity index (χ2n) is 6.17. The van der Waals surface area contributed by atoms with Crippen LogP contribution < -0.4 is 5.32 Å². The topological polar surface area (TPSA) is 32.3 Å². The van der Waals surface area contributed by atoms with Gasteiger partial charge in [-0.1, -0.05) is 0 Å². The maximum absolute atomic E-state index is 11.6. The Balaban J connectivity index is 1.60. The molecular formula is C13H22N2O. The average Bonchev–Trinajstić information content (AvgIpc) is 2.86. The van der Waals surface area contributed by atoms with Gasteiger partial charge in [0.2, 0.25) is 0 Å². The number of urea groups is 1. The summed E-state index contributed by atoms with van der Waals surface area (Å²) >= 11 is 0. The summed E-state index contributed by atoms with van der Waals surface area (Å²) in [6.45, 7) is 0. The Labute approximate surface area is 97.6 Å². The van der Waals surface area contributed by atoms with E-state index in [0.29, 0.717) is 6.04 Å². The molecule has 0 radical (unpaired) electrons. The molecule has 0 aromatic carbocycles. The summed E-state index contributed by atoms with van der Waals surface area (Å²) < 4.78 is 0. The molecule has 0 aliphatic heterocycles. The predicted octanol–water partition coefficient (Wildman–Crippen LogP) is 2.08. The van der Waals surface area contributed by atoms with Crippen molar-refractivity contribution in [1.82, 2.24) is 10.2 Å². The van der Waals surface area contributed by atoms with Crippen molar-refractivity contribution in [3.8, 4) is 0 Å². The Kier molecular flexibility index (Phi) is 2.37. The van der Waals surface area contributed by atoms with Gasteiger partial charge < -0.3 is 10.2 Å². The minimum atomic E-state index is 0.0809. The molecule has 90 valence electrons. The second-order valence-corrected chi connectivity index (χ2v) is 6.17. The highest BCUT2D eigenvalue weighted by Crippen LogP contribution is 2.58. The quantitative estimate of drug-likeness (QED) is 0.724. The van der Waals surface area contributed by atoms with E-state index < -0.39 is 0 Å². The third-order valence-corrected chi connectivity index (χ3v) is 5.12. The number of rotatable bonds is 1. The van der Waals surface area contributed by atoms with Gasteiger partial charge in [-0.25, -0.2) is 4.79 Å². The molecule has 5 atom stereocenters. The van der Waals surface area contributed by atoms with Crippen LogP contribution in [0.15, 0.2) is 0 Å². The fraction of sp³-hybridized carbons (Fsp3) is 0.923. The SMILES string of the molecule is CN(C)C(=O)NC1CC2C(C1)[C@H]1CC[C@@H]2C1. The van der Waals surface area contributed by atoms with Gasteiger partial charge in [0, 0.05) is 20.1 Å². The lowest BCUT2D eigenvalue weighted by Gasteiger charge is -2.23. The van der Waals surface area contributed by atoms with Crippen molar-refractivity contribution in [3.05, 3.63) is 0 Å². The van der Waals surface area contributed by atoms with Gasteiger partial charge in [0.1, 0.15) is 0 Å². The second kappa shape index (κ2) is 3.64. The van der Waals surface area contributed by atoms with E-state index in [1.165, 1.54) is 32.1 Å².